The Labute approximate surface area is 128 Å². The molecule has 0 bridgehead atoms. The van der Waals surface area contributed by atoms with Crippen LogP contribution in [0.4, 0.5) is 0 Å². The standard InChI is InChI=1S/C19H39O/c1-18(2)16-14-12-10-8-6-4-5-7-9-11-13-15-17-19(3)20/h18-20H,3-17H2,1-2H3. The van der Waals surface area contributed by atoms with Gasteiger partial charge < -0.3 is 5.11 Å². The summed E-state index contributed by atoms with van der Waals surface area (Å²) in [5, 5.41) is 9.05. The van der Waals surface area contributed by atoms with Crippen molar-refractivity contribution < 1.29 is 5.11 Å². The monoisotopic (exact) mass is 283 g/mol. The van der Waals surface area contributed by atoms with E-state index in [0.29, 0.717) is 0 Å². The molecule has 1 nitrogen and oxygen atoms in total. The van der Waals surface area contributed by atoms with Gasteiger partial charge in [-0.05, 0) is 19.3 Å². The predicted molar refractivity (Wildman–Crippen MR) is 90.8 cm³/mol. The largest absolute Gasteiger partial charge is 0.393 e. The average molecular weight is 284 g/mol. The summed E-state index contributed by atoms with van der Waals surface area (Å²) in [6.07, 6.45) is 18.5. The van der Waals surface area contributed by atoms with Crippen LogP contribution in [0.15, 0.2) is 0 Å². The molecule has 0 aliphatic carbocycles. The van der Waals surface area contributed by atoms with Gasteiger partial charge >= 0.3 is 0 Å². The fraction of sp³-hybridized carbons (Fsp3) is 0.947. The molecule has 0 aromatic rings. The number of hydrogen-bond acceptors (Lipinski definition) is 1. The van der Waals surface area contributed by atoms with E-state index in [-0.39, 0.29) is 6.10 Å². The normalized spacial score (nSPS) is 13.1. The molecule has 1 radical (unpaired) electrons. The molecule has 0 fully saturated rings. The molecule has 0 saturated heterocycles. The van der Waals surface area contributed by atoms with Crippen LogP contribution < -0.4 is 0 Å². The van der Waals surface area contributed by atoms with E-state index >= 15 is 0 Å². The number of aliphatic hydroxyl groups is 1. The summed E-state index contributed by atoms with van der Waals surface area (Å²) >= 11 is 0. The molecule has 0 rings (SSSR count). The highest BCUT2D eigenvalue weighted by Gasteiger charge is 1.97. The van der Waals surface area contributed by atoms with Gasteiger partial charge in [0.25, 0.3) is 0 Å². The lowest BCUT2D eigenvalue weighted by Gasteiger charge is -2.05. The second kappa shape index (κ2) is 15.4. The molecule has 1 heteroatoms. The fourth-order valence-electron chi connectivity index (χ4n) is 2.70. The molecule has 0 spiro atoms. The summed E-state index contributed by atoms with van der Waals surface area (Å²) in [5.74, 6) is 0.881. The van der Waals surface area contributed by atoms with Crippen LogP contribution in [-0.4, -0.2) is 11.2 Å². The average Bonchev–Trinajstić information content (AvgIpc) is 2.38. The highest BCUT2D eigenvalue weighted by atomic mass is 16.3. The molecular weight excluding hydrogens is 244 g/mol. The lowest BCUT2D eigenvalue weighted by molar-refractivity contribution is 0.205. The lowest BCUT2D eigenvalue weighted by atomic mass is 10.0. The third-order valence-corrected chi connectivity index (χ3v) is 4.07. The third-order valence-electron chi connectivity index (χ3n) is 4.07. The van der Waals surface area contributed by atoms with Gasteiger partial charge in [-0.15, -0.1) is 0 Å². The van der Waals surface area contributed by atoms with Gasteiger partial charge in [-0.2, -0.15) is 0 Å². The minimum absolute atomic E-state index is 0.351. The van der Waals surface area contributed by atoms with Crippen LogP contribution in [0.3, 0.4) is 0 Å². The van der Waals surface area contributed by atoms with Gasteiger partial charge in [-0.1, -0.05) is 97.3 Å². The quantitative estimate of drug-likeness (QED) is 0.350. The first-order valence-corrected chi connectivity index (χ1v) is 9.14. The molecule has 0 heterocycles. The van der Waals surface area contributed by atoms with Crippen molar-refractivity contribution in [1.82, 2.24) is 0 Å². The van der Waals surface area contributed by atoms with Crippen LogP contribution >= 0.6 is 0 Å². The van der Waals surface area contributed by atoms with Gasteiger partial charge in [0, 0.05) is 0 Å². The Hall–Kier alpha value is -0.0400. The summed E-state index contributed by atoms with van der Waals surface area (Å²) in [6, 6.07) is 0. The van der Waals surface area contributed by atoms with Crippen molar-refractivity contribution in [1.29, 1.82) is 0 Å². The van der Waals surface area contributed by atoms with Gasteiger partial charge in [-0.25, -0.2) is 0 Å². The molecule has 1 atom stereocenters. The van der Waals surface area contributed by atoms with E-state index < -0.39 is 0 Å². The third kappa shape index (κ3) is 18.0. The SMILES string of the molecule is [CH2]C(O)CCCCCCCCCCCCCCC(C)C. The summed E-state index contributed by atoms with van der Waals surface area (Å²) in [6.45, 7) is 8.24. The Morgan fingerprint density at radius 3 is 1.20 bits per heavy atom. The van der Waals surface area contributed by atoms with Gasteiger partial charge in [-0.3, -0.25) is 0 Å². The molecule has 121 valence electrons. The minimum Gasteiger partial charge on any atom is -0.393 e. The summed E-state index contributed by atoms with van der Waals surface area (Å²) in [4.78, 5) is 0. The summed E-state index contributed by atoms with van der Waals surface area (Å²) in [5.41, 5.74) is 0. The predicted octanol–water partition coefficient (Wildman–Crippen LogP) is 6.30. The van der Waals surface area contributed by atoms with E-state index in [1.807, 2.05) is 0 Å². The van der Waals surface area contributed by atoms with Crippen LogP contribution in [0.2, 0.25) is 0 Å². The topological polar surface area (TPSA) is 20.2 Å². The smallest absolute Gasteiger partial charge is 0.0541 e. The van der Waals surface area contributed by atoms with E-state index in [2.05, 4.69) is 20.8 Å². The molecule has 0 aromatic carbocycles. The molecular formula is C19H39O. The van der Waals surface area contributed by atoms with Crippen molar-refractivity contribution in [3.63, 3.8) is 0 Å². The molecule has 20 heavy (non-hydrogen) atoms. The molecule has 0 aliphatic rings. The Kier molecular flexibility index (Phi) is 15.3. The molecule has 0 saturated carbocycles. The molecule has 0 amide bonds. The Bertz CT molecular complexity index is 155. The maximum Gasteiger partial charge on any atom is 0.0541 e. The molecule has 1 N–H and O–H groups in total. The number of unbranched alkanes of at least 4 members (excludes halogenated alkanes) is 11. The fourth-order valence-corrected chi connectivity index (χ4v) is 2.70. The number of aliphatic hydroxyl groups excluding tert-OH is 1. The van der Waals surface area contributed by atoms with Gasteiger partial charge in [0.2, 0.25) is 0 Å². The maximum absolute atomic E-state index is 9.05. The van der Waals surface area contributed by atoms with Crippen molar-refractivity contribution >= 4 is 0 Å². The first-order valence-electron chi connectivity index (χ1n) is 9.14. The van der Waals surface area contributed by atoms with E-state index in [4.69, 9.17) is 5.11 Å². The molecule has 0 aliphatic heterocycles. The van der Waals surface area contributed by atoms with Crippen molar-refractivity contribution in [3.05, 3.63) is 6.92 Å². The minimum atomic E-state index is -0.351. The molecule has 1 unspecified atom stereocenters. The Morgan fingerprint density at radius 2 is 0.900 bits per heavy atom. The van der Waals surface area contributed by atoms with Crippen LogP contribution in [0, 0.1) is 12.8 Å². The van der Waals surface area contributed by atoms with Gasteiger partial charge in [0.05, 0.1) is 6.10 Å². The lowest BCUT2D eigenvalue weighted by Crippen LogP contribution is -1.98. The number of rotatable bonds is 15. The first-order chi connectivity index (χ1) is 9.63. The van der Waals surface area contributed by atoms with Crippen LogP contribution in [0.25, 0.3) is 0 Å². The second-order valence-electron chi connectivity index (χ2n) is 6.87. The van der Waals surface area contributed by atoms with Crippen molar-refractivity contribution in [2.24, 2.45) is 5.92 Å². The Morgan fingerprint density at radius 1 is 0.600 bits per heavy atom. The highest BCUT2D eigenvalue weighted by Crippen LogP contribution is 2.14. The van der Waals surface area contributed by atoms with E-state index in [1.54, 1.807) is 0 Å². The van der Waals surface area contributed by atoms with Gasteiger partial charge in [0.15, 0.2) is 0 Å². The van der Waals surface area contributed by atoms with E-state index in [1.165, 1.54) is 77.0 Å². The van der Waals surface area contributed by atoms with E-state index in [0.717, 1.165) is 18.8 Å². The van der Waals surface area contributed by atoms with Crippen LogP contribution in [-0.2, 0) is 0 Å². The van der Waals surface area contributed by atoms with Crippen LogP contribution in [0.5, 0.6) is 0 Å². The molecule has 0 aromatic heterocycles. The van der Waals surface area contributed by atoms with Crippen molar-refractivity contribution in [3.8, 4) is 0 Å². The first kappa shape index (κ1) is 20.0. The zero-order chi connectivity index (χ0) is 15.1. The van der Waals surface area contributed by atoms with Gasteiger partial charge in [0.1, 0.15) is 0 Å². The van der Waals surface area contributed by atoms with Crippen molar-refractivity contribution in [2.75, 3.05) is 0 Å². The summed E-state index contributed by atoms with van der Waals surface area (Å²) in [7, 11) is 0. The zero-order valence-corrected chi connectivity index (χ0v) is 14.2. The van der Waals surface area contributed by atoms with Crippen LogP contribution in [0.1, 0.15) is 104 Å². The zero-order valence-electron chi connectivity index (χ0n) is 14.2. The highest BCUT2D eigenvalue weighted by molar-refractivity contribution is 4.56. The number of hydrogen-bond donors (Lipinski definition) is 1. The second-order valence-corrected chi connectivity index (χ2v) is 6.87. The maximum atomic E-state index is 9.05. The summed E-state index contributed by atoms with van der Waals surface area (Å²) < 4.78 is 0. The Balaban J connectivity index is 2.96. The van der Waals surface area contributed by atoms with Crippen molar-refractivity contribution in [2.45, 2.75) is 110 Å². The van der Waals surface area contributed by atoms with E-state index in [9.17, 15) is 0 Å².